The lowest BCUT2D eigenvalue weighted by atomic mass is 10.1. The number of methoxy groups -OCH3 is 1. The SMILES string of the molecule is COCc1ccccc1CNC(=O)N(C)Cc1ccccc1C. The number of rotatable bonds is 6. The number of carbonyl (C=O) groups excluding carboxylic acids is 1. The fourth-order valence-corrected chi connectivity index (χ4v) is 2.45. The number of amides is 2. The van der Waals surface area contributed by atoms with Gasteiger partial charge in [0.25, 0.3) is 0 Å². The van der Waals surface area contributed by atoms with Gasteiger partial charge in [-0.2, -0.15) is 0 Å². The van der Waals surface area contributed by atoms with Crippen molar-refractivity contribution < 1.29 is 9.53 Å². The van der Waals surface area contributed by atoms with Gasteiger partial charge in [0.15, 0.2) is 0 Å². The second-order valence-electron chi connectivity index (χ2n) is 5.64. The number of carbonyl (C=O) groups is 1. The average Bonchev–Trinajstić information content (AvgIpc) is 2.56. The summed E-state index contributed by atoms with van der Waals surface area (Å²) in [4.78, 5) is 14.0. The molecule has 4 heteroatoms. The highest BCUT2D eigenvalue weighted by atomic mass is 16.5. The molecule has 0 bridgehead atoms. The molecule has 122 valence electrons. The van der Waals surface area contributed by atoms with Crippen LogP contribution in [0, 0.1) is 6.92 Å². The normalized spacial score (nSPS) is 10.4. The van der Waals surface area contributed by atoms with Gasteiger partial charge in [0, 0.05) is 27.2 Å². The Morgan fingerprint density at radius 2 is 1.65 bits per heavy atom. The first kappa shape index (κ1) is 17.0. The van der Waals surface area contributed by atoms with E-state index in [-0.39, 0.29) is 6.03 Å². The van der Waals surface area contributed by atoms with E-state index in [1.807, 2.05) is 49.5 Å². The van der Waals surface area contributed by atoms with Crippen molar-refractivity contribution in [1.29, 1.82) is 0 Å². The molecule has 0 aliphatic carbocycles. The molecule has 2 amide bonds. The van der Waals surface area contributed by atoms with Crippen molar-refractivity contribution in [3.05, 3.63) is 70.8 Å². The van der Waals surface area contributed by atoms with Crippen LogP contribution in [0.25, 0.3) is 0 Å². The summed E-state index contributed by atoms with van der Waals surface area (Å²) in [5, 5.41) is 2.97. The van der Waals surface area contributed by atoms with E-state index in [1.165, 1.54) is 5.56 Å². The first-order valence-electron chi connectivity index (χ1n) is 7.71. The quantitative estimate of drug-likeness (QED) is 0.887. The number of hydrogen-bond acceptors (Lipinski definition) is 2. The number of ether oxygens (including phenoxy) is 1. The van der Waals surface area contributed by atoms with Crippen molar-refractivity contribution in [3.63, 3.8) is 0 Å². The number of urea groups is 1. The van der Waals surface area contributed by atoms with E-state index >= 15 is 0 Å². The van der Waals surface area contributed by atoms with Gasteiger partial charge in [0.1, 0.15) is 0 Å². The molecule has 0 aliphatic heterocycles. The molecule has 0 unspecified atom stereocenters. The van der Waals surface area contributed by atoms with Crippen molar-refractivity contribution in [2.45, 2.75) is 26.6 Å². The van der Waals surface area contributed by atoms with Crippen molar-refractivity contribution in [2.75, 3.05) is 14.2 Å². The molecular weight excluding hydrogens is 288 g/mol. The molecule has 4 nitrogen and oxygen atoms in total. The fraction of sp³-hybridized carbons (Fsp3) is 0.316. The van der Waals surface area contributed by atoms with Gasteiger partial charge >= 0.3 is 6.03 Å². The Morgan fingerprint density at radius 3 is 2.30 bits per heavy atom. The standard InChI is InChI=1S/C19H24N2O2/c1-15-8-4-5-10-17(15)13-21(2)19(22)20-12-16-9-6-7-11-18(16)14-23-3/h4-11H,12-14H2,1-3H3,(H,20,22). The van der Waals surface area contributed by atoms with E-state index in [2.05, 4.69) is 18.3 Å². The van der Waals surface area contributed by atoms with Crippen LogP contribution in [-0.4, -0.2) is 25.1 Å². The molecule has 0 radical (unpaired) electrons. The van der Waals surface area contributed by atoms with Crippen LogP contribution >= 0.6 is 0 Å². The van der Waals surface area contributed by atoms with Crippen LogP contribution in [0.1, 0.15) is 22.3 Å². The lowest BCUT2D eigenvalue weighted by Crippen LogP contribution is -2.36. The highest BCUT2D eigenvalue weighted by molar-refractivity contribution is 5.73. The van der Waals surface area contributed by atoms with Crippen LogP contribution < -0.4 is 5.32 Å². The molecule has 2 aromatic carbocycles. The smallest absolute Gasteiger partial charge is 0.317 e. The van der Waals surface area contributed by atoms with Gasteiger partial charge in [0.05, 0.1) is 6.61 Å². The topological polar surface area (TPSA) is 41.6 Å². The van der Waals surface area contributed by atoms with E-state index in [1.54, 1.807) is 12.0 Å². The van der Waals surface area contributed by atoms with Gasteiger partial charge < -0.3 is 15.0 Å². The van der Waals surface area contributed by atoms with Crippen LogP contribution in [0.4, 0.5) is 4.79 Å². The average molecular weight is 312 g/mol. The Hall–Kier alpha value is -2.33. The van der Waals surface area contributed by atoms with E-state index in [0.717, 1.165) is 16.7 Å². The molecule has 23 heavy (non-hydrogen) atoms. The second kappa shape index (κ2) is 8.34. The predicted molar refractivity (Wildman–Crippen MR) is 92.0 cm³/mol. The molecule has 0 atom stereocenters. The molecule has 2 aromatic rings. The summed E-state index contributed by atoms with van der Waals surface area (Å²) in [6.07, 6.45) is 0. The van der Waals surface area contributed by atoms with Crippen LogP contribution in [0.3, 0.4) is 0 Å². The summed E-state index contributed by atoms with van der Waals surface area (Å²) < 4.78 is 5.19. The van der Waals surface area contributed by atoms with Gasteiger partial charge in [-0.25, -0.2) is 4.79 Å². The monoisotopic (exact) mass is 312 g/mol. The lowest BCUT2D eigenvalue weighted by molar-refractivity contribution is 0.183. The lowest BCUT2D eigenvalue weighted by Gasteiger charge is -2.19. The predicted octanol–water partition coefficient (Wildman–Crippen LogP) is 3.48. The van der Waals surface area contributed by atoms with Crippen LogP contribution in [0.2, 0.25) is 0 Å². The van der Waals surface area contributed by atoms with Gasteiger partial charge in [-0.15, -0.1) is 0 Å². The highest BCUT2D eigenvalue weighted by Gasteiger charge is 2.10. The van der Waals surface area contributed by atoms with Crippen LogP contribution in [-0.2, 0) is 24.4 Å². The molecule has 0 saturated heterocycles. The largest absolute Gasteiger partial charge is 0.380 e. The Bertz CT molecular complexity index is 655. The Balaban J connectivity index is 1.93. The number of aryl methyl sites for hydroxylation is 1. The number of hydrogen-bond donors (Lipinski definition) is 1. The minimum atomic E-state index is -0.0829. The summed E-state index contributed by atoms with van der Waals surface area (Å²) in [6.45, 7) is 3.70. The summed E-state index contributed by atoms with van der Waals surface area (Å²) >= 11 is 0. The second-order valence-corrected chi connectivity index (χ2v) is 5.64. The van der Waals surface area contributed by atoms with E-state index in [9.17, 15) is 4.79 Å². The van der Waals surface area contributed by atoms with Crippen LogP contribution in [0.15, 0.2) is 48.5 Å². The fourth-order valence-electron chi connectivity index (χ4n) is 2.45. The van der Waals surface area contributed by atoms with Crippen molar-refractivity contribution in [3.8, 4) is 0 Å². The molecular formula is C19H24N2O2. The van der Waals surface area contributed by atoms with Gasteiger partial charge in [-0.05, 0) is 29.2 Å². The maximum absolute atomic E-state index is 12.3. The zero-order valence-electron chi connectivity index (χ0n) is 14.0. The zero-order chi connectivity index (χ0) is 16.7. The first-order valence-corrected chi connectivity index (χ1v) is 7.71. The number of nitrogens with one attached hydrogen (secondary N) is 1. The third-order valence-electron chi connectivity index (χ3n) is 3.86. The summed E-state index contributed by atoms with van der Waals surface area (Å²) in [5.41, 5.74) is 4.52. The summed E-state index contributed by atoms with van der Waals surface area (Å²) in [7, 11) is 3.48. The van der Waals surface area contributed by atoms with Gasteiger partial charge in [-0.1, -0.05) is 48.5 Å². The number of benzene rings is 2. The Labute approximate surface area is 138 Å². The van der Waals surface area contributed by atoms with Crippen molar-refractivity contribution >= 4 is 6.03 Å². The Morgan fingerprint density at radius 1 is 1.04 bits per heavy atom. The molecule has 0 aliphatic rings. The highest BCUT2D eigenvalue weighted by Crippen LogP contribution is 2.11. The molecule has 1 N–H and O–H groups in total. The van der Waals surface area contributed by atoms with Crippen LogP contribution in [0.5, 0.6) is 0 Å². The maximum Gasteiger partial charge on any atom is 0.317 e. The van der Waals surface area contributed by atoms with Gasteiger partial charge in [0.2, 0.25) is 0 Å². The molecule has 2 rings (SSSR count). The summed E-state index contributed by atoms with van der Waals surface area (Å²) in [5.74, 6) is 0. The first-order chi connectivity index (χ1) is 11.1. The zero-order valence-corrected chi connectivity index (χ0v) is 14.0. The van der Waals surface area contributed by atoms with Crippen molar-refractivity contribution in [1.82, 2.24) is 10.2 Å². The van der Waals surface area contributed by atoms with E-state index in [4.69, 9.17) is 4.74 Å². The number of nitrogens with zero attached hydrogens (tertiary/aromatic N) is 1. The summed E-state index contributed by atoms with van der Waals surface area (Å²) in [6, 6.07) is 16.0. The van der Waals surface area contributed by atoms with Gasteiger partial charge in [-0.3, -0.25) is 0 Å². The minimum absolute atomic E-state index is 0.0829. The maximum atomic E-state index is 12.3. The molecule has 0 heterocycles. The van der Waals surface area contributed by atoms with E-state index < -0.39 is 0 Å². The third kappa shape index (κ3) is 4.83. The molecule has 0 fully saturated rings. The minimum Gasteiger partial charge on any atom is -0.380 e. The third-order valence-corrected chi connectivity index (χ3v) is 3.86. The molecule has 0 aromatic heterocycles. The van der Waals surface area contributed by atoms with E-state index in [0.29, 0.717) is 19.7 Å². The molecule has 0 saturated carbocycles. The molecule has 0 spiro atoms. The Kier molecular flexibility index (Phi) is 6.18. The van der Waals surface area contributed by atoms with Crippen molar-refractivity contribution in [2.24, 2.45) is 0 Å².